The van der Waals surface area contributed by atoms with E-state index in [1.807, 2.05) is 12.1 Å². The van der Waals surface area contributed by atoms with Crippen LogP contribution in [0.15, 0.2) is 54.9 Å². The first-order valence-corrected chi connectivity index (χ1v) is 6.51. The van der Waals surface area contributed by atoms with Gasteiger partial charge in [-0.05, 0) is 35.9 Å². The Balaban J connectivity index is 1.84. The quantitative estimate of drug-likeness (QED) is 0.663. The summed E-state index contributed by atoms with van der Waals surface area (Å²) in [6, 6.07) is 10.3. The lowest BCUT2D eigenvalue weighted by Crippen LogP contribution is -2.40. The van der Waals surface area contributed by atoms with Crippen molar-refractivity contribution in [1.82, 2.24) is 15.8 Å². The zero-order valence-corrected chi connectivity index (χ0v) is 11.9. The van der Waals surface area contributed by atoms with E-state index >= 15 is 0 Å². The molecule has 0 aliphatic heterocycles. The third-order valence-corrected chi connectivity index (χ3v) is 2.78. The van der Waals surface area contributed by atoms with Gasteiger partial charge in [0, 0.05) is 24.0 Å². The first kappa shape index (κ1) is 15.2. The van der Waals surface area contributed by atoms with E-state index in [0.717, 1.165) is 11.3 Å². The molecule has 0 atom stereocenters. The number of nitrogens with zero attached hydrogens (tertiary/aromatic N) is 1. The molecule has 2 amide bonds. The first-order valence-electron chi connectivity index (χ1n) is 6.51. The predicted octanol–water partition coefficient (Wildman–Crippen LogP) is 1.56. The lowest BCUT2D eigenvalue weighted by molar-refractivity contribution is -0.117. The normalized spacial score (nSPS) is 10.2. The number of aromatic nitrogens is 1. The lowest BCUT2D eigenvalue weighted by Gasteiger charge is -2.04. The smallest absolute Gasteiger partial charge is 0.269 e. The van der Waals surface area contributed by atoms with Crippen molar-refractivity contribution in [1.29, 1.82) is 0 Å². The Morgan fingerprint density at radius 3 is 2.36 bits per heavy atom. The SMILES string of the molecule is COc1ccc(/C=C/C(=O)NNC(=O)c2ccncc2)cc1. The highest BCUT2D eigenvalue weighted by atomic mass is 16.5. The molecule has 0 spiro atoms. The first-order chi connectivity index (χ1) is 10.7. The Kier molecular flexibility index (Phi) is 5.25. The summed E-state index contributed by atoms with van der Waals surface area (Å²) in [4.78, 5) is 27.1. The number of hydrogen-bond donors (Lipinski definition) is 2. The van der Waals surface area contributed by atoms with Gasteiger partial charge in [0.1, 0.15) is 5.75 Å². The Morgan fingerprint density at radius 1 is 1.05 bits per heavy atom. The molecular formula is C16H15N3O3. The van der Waals surface area contributed by atoms with Crippen molar-refractivity contribution in [2.45, 2.75) is 0 Å². The second-order valence-electron chi connectivity index (χ2n) is 4.29. The van der Waals surface area contributed by atoms with E-state index in [9.17, 15) is 9.59 Å². The number of methoxy groups -OCH3 is 1. The van der Waals surface area contributed by atoms with Crippen molar-refractivity contribution < 1.29 is 14.3 Å². The number of nitrogens with one attached hydrogen (secondary N) is 2. The second kappa shape index (κ2) is 7.58. The summed E-state index contributed by atoms with van der Waals surface area (Å²) in [5.74, 6) is -0.0990. The summed E-state index contributed by atoms with van der Waals surface area (Å²) < 4.78 is 5.05. The van der Waals surface area contributed by atoms with Gasteiger partial charge in [0.05, 0.1) is 7.11 Å². The predicted molar refractivity (Wildman–Crippen MR) is 81.9 cm³/mol. The summed E-state index contributed by atoms with van der Waals surface area (Å²) in [7, 11) is 1.59. The molecule has 6 nitrogen and oxygen atoms in total. The molecule has 0 aliphatic carbocycles. The van der Waals surface area contributed by atoms with Gasteiger partial charge in [-0.2, -0.15) is 0 Å². The van der Waals surface area contributed by atoms with Crippen LogP contribution in [0.5, 0.6) is 5.75 Å². The van der Waals surface area contributed by atoms with Gasteiger partial charge in [0.25, 0.3) is 11.8 Å². The standard InChI is InChI=1S/C16H15N3O3/c1-22-14-5-2-12(3-6-14)4-7-15(20)18-19-16(21)13-8-10-17-11-9-13/h2-11H,1H3,(H,18,20)(H,19,21)/b7-4+. The van der Waals surface area contributed by atoms with E-state index in [4.69, 9.17) is 4.74 Å². The van der Waals surface area contributed by atoms with Gasteiger partial charge in [-0.25, -0.2) is 0 Å². The van der Waals surface area contributed by atoms with E-state index < -0.39 is 11.8 Å². The van der Waals surface area contributed by atoms with Crippen LogP contribution in [0.25, 0.3) is 6.08 Å². The largest absolute Gasteiger partial charge is 0.497 e. The topological polar surface area (TPSA) is 80.3 Å². The summed E-state index contributed by atoms with van der Waals surface area (Å²) >= 11 is 0. The second-order valence-corrected chi connectivity index (χ2v) is 4.29. The van der Waals surface area contributed by atoms with Gasteiger partial charge in [-0.3, -0.25) is 25.4 Å². The van der Waals surface area contributed by atoms with Crippen LogP contribution < -0.4 is 15.6 Å². The van der Waals surface area contributed by atoms with Crippen LogP contribution >= 0.6 is 0 Å². The highest BCUT2D eigenvalue weighted by molar-refractivity contribution is 5.97. The molecule has 2 N–H and O–H groups in total. The lowest BCUT2D eigenvalue weighted by atomic mass is 10.2. The van der Waals surface area contributed by atoms with E-state index in [1.165, 1.54) is 18.5 Å². The highest BCUT2D eigenvalue weighted by Crippen LogP contribution is 2.12. The Hall–Kier alpha value is -3.15. The minimum absolute atomic E-state index is 0.409. The molecule has 0 radical (unpaired) electrons. The number of amides is 2. The average molecular weight is 297 g/mol. The number of benzene rings is 1. The van der Waals surface area contributed by atoms with Crippen LogP contribution in [0.1, 0.15) is 15.9 Å². The van der Waals surface area contributed by atoms with Gasteiger partial charge in [-0.15, -0.1) is 0 Å². The fourth-order valence-electron chi connectivity index (χ4n) is 1.62. The van der Waals surface area contributed by atoms with Crippen molar-refractivity contribution in [2.75, 3.05) is 7.11 Å². The van der Waals surface area contributed by atoms with Gasteiger partial charge in [-0.1, -0.05) is 12.1 Å². The maximum absolute atomic E-state index is 11.7. The van der Waals surface area contributed by atoms with Crippen LogP contribution in [0.3, 0.4) is 0 Å². The van der Waals surface area contributed by atoms with Gasteiger partial charge in [0.15, 0.2) is 0 Å². The molecule has 0 aliphatic rings. The van der Waals surface area contributed by atoms with E-state index in [1.54, 1.807) is 37.5 Å². The van der Waals surface area contributed by atoms with Crippen molar-refractivity contribution in [2.24, 2.45) is 0 Å². The summed E-state index contributed by atoms with van der Waals surface area (Å²) in [5, 5.41) is 0. The molecule has 112 valence electrons. The van der Waals surface area contributed by atoms with Crippen LogP contribution in [-0.2, 0) is 4.79 Å². The maximum Gasteiger partial charge on any atom is 0.269 e. The maximum atomic E-state index is 11.7. The molecule has 0 saturated heterocycles. The molecule has 2 aromatic rings. The molecular weight excluding hydrogens is 282 g/mol. The summed E-state index contributed by atoms with van der Waals surface area (Å²) in [6.07, 6.45) is 5.96. The Morgan fingerprint density at radius 2 is 1.73 bits per heavy atom. The average Bonchev–Trinajstić information content (AvgIpc) is 2.59. The number of hydrogen-bond acceptors (Lipinski definition) is 4. The van der Waals surface area contributed by atoms with Gasteiger partial charge < -0.3 is 4.74 Å². The fourth-order valence-corrected chi connectivity index (χ4v) is 1.62. The molecule has 1 heterocycles. The minimum atomic E-state index is -0.432. The zero-order valence-electron chi connectivity index (χ0n) is 11.9. The number of pyridine rings is 1. The van der Waals surface area contributed by atoms with Crippen molar-refractivity contribution >= 4 is 17.9 Å². The highest BCUT2D eigenvalue weighted by Gasteiger charge is 2.04. The monoisotopic (exact) mass is 297 g/mol. The van der Waals surface area contributed by atoms with Crippen LogP contribution in [0, 0.1) is 0 Å². The van der Waals surface area contributed by atoms with Crippen molar-refractivity contribution in [3.8, 4) is 5.75 Å². The molecule has 2 rings (SSSR count). The fraction of sp³-hybridized carbons (Fsp3) is 0.0625. The number of carbonyl (C=O) groups excluding carboxylic acids is 2. The number of rotatable bonds is 4. The zero-order chi connectivity index (χ0) is 15.8. The molecule has 22 heavy (non-hydrogen) atoms. The molecule has 0 saturated carbocycles. The molecule has 6 heteroatoms. The van der Waals surface area contributed by atoms with Gasteiger partial charge >= 0.3 is 0 Å². The molecule has 0 fully saturated rings. The third-order valence-electron chi connectivity index (χ3n) is 2.78. The Labute approximate surface area is 127 Å². The molecule has 0 unspecified atom stereocenters. The van der Waals surface area contributed by atoms with Gasteiger partial charge in [0.2, 0.25) is 0 Å². The van der Waals surface area contributed by atoms with Crippen LogP contribution in [0.4, 0.5) is 0 Å². The van der Waals surface area contributed by atoms with E-state index in [-0.39, 0.29) is 0 Å². The third kappa shape index (κ3) is 4.45. The van der Waals surface area contributed by atoms with Crippen molar-refractivity contribution in [3.63, 3.8) is 0 Å². The van der Waals surface area contributed by atoms with Crippen LogP contribution in [0.2, 0.25) is 0 Å². The summed E-state index contributed by atoms with van der Waals surface area (Å²) in [5.41, 5.74) is 5.87. The van der Waals surface area contributed by atoms with E-state index in [0.29, 0.717) is 5.56 Å². The number of hydrazine groups is 1. The summed E-state index contributed by atoms with van der Waals surface area (Å²) in [6.45, 7) is 0. The minimum Gasteiger partial charge on any atom is -0.497 e. The van der Waals surface area contributed by atoms with Crippen molar-refractivity contribution in [3.05, 3.63) is 66.0 Å². The Bertz CT molecular complexity index is 667. The molecule has 1 aromatic carbocycles. The molecule has 0 bridgehead atoms. The van der Waals surface area contributed by atoms with Crippen LogP contribution in [-0.4, -0.2) is 23.9 Å². The van der Waals surface area contributed by atoms with E-state index in [2.05, 4.69) is 15.8 Å². The number of ether oxygens (including phenoxy) is 1. The molecule has 1 aromatic heterocycles. The number of carbonyl (C=O) groups is 2.